The predicted molar refractivity (Wildman–Crippen MR) is 66.8 cm³/mol. The molecule has 0 radical (unpaired) electrons. The summed E-state index contributed by atoms with van der Waals surface area (Å²) in [6, 6.07) is 0. The second-order valence-electron chi connectivity index (χ2n) is 6.42. The minimum absolute atomic E-state index is 0.909. The topological polar surface area (TPSA) is 0 Å². The molecular weight excluding hydrogens is 180 g/mol. The summed E-state index contributed by atoms with van der Waals surface area (Å²) in [6.07, 6.45) is 10.6. The van der Waals surface area contributed by atoms with Gasteiger partial charge in [-0.05, 0) is 42.4 Å². The Balaban J connectivity index is 1.57. The maximum atomic E-state index is 2.38. The summed E-state index contributed by atoms with van der Waals surface area (Å²) in [5.41, 5.74) is 0. The quantitative estimate of drug-likeness (QED) is 0.545. The Bertz CT molecular complexity index is 194. The summed E-state index contributed by atoms with van der Waals surface area (Å²) >= 11 is 0. The van der Waals surface area contributed by atoms with E-state index in [-0.39, 0.29) is 0 Å². The lowest BCUT2D eigenvalue weighted by Crippen LogP contribution is -2.51. The standard InChI is InChI=1S/C15H28/c1-4-12-9-14-10-13(15(12)14)8-6-5-7-11(2)3/h11-15H,4-10H2,1-3H3. The van der Waals surface area contributed by atoms with E-state index in [9.17, 15) is 0 Å². The van der Waals surface area contributed by atoms with Crippen molar-refractivity contribution in [2.75, 3.05) is 0 Å². The van der Waals surface area contributed by atoms with Gasteiger partial charge in [-0.2, -0.15) is 0 Å². The Labute approximate surface area is 95.8 Å². The van der Waals surface area contributed by atoms with E-state index in [1.807, 2.05) is 0 Å². The minimum Gasteiger partial charge on any atom is -0.0651 e. The van der Waals surface area contributed by atoms with Crippen LogP contribution in [0.2, 0.25) is 0 Å². The zero-order chi connectivity index (χ0) is 10.8. The van der Waals surface area contributed by atoms with E-state index in [2.05, 4.69) is 20.8 Å². The molecule has 2 aliphatic rings. The molecule has 0 aromatic carbocycles. The first-order valence-corrected chi connectivity index (χ1v) is 7.22. The Hall–Kier alpha value is 0. The second kappa shape index (κ2) is 4.89. The van der Waals surface area contributed by atoms with Crippen molar-refractivity contribution in [1.29, 1.82) is 0 Å². The highest BCUT2D eigenvalue weighted by atomic mass is 14.6. The molecule has 2 fully saturated rings. The fourth-order valence-electron chi connectivity index (χ4n) is 3.97. The number of rotatable bonds is 6. The highest BCUT2D eigenvalue weighted by Crippen LogP contribution is 2.60. The van der Waals surface area contributed by atoms with Crippen LogP contribution >= 0.6 is 0 Å². The highest BCUT2D eigenvalue weighted by Gasteiger charge is 2.51. The van der Waals surface area contributed by atoms with Gasteiger partial charge in [-0.25, -0.2) is 0 Å². The molecule has 0 bridgehead atoms. The molecule has 0 heterocycles. The Kier molecular flexibility index (Phi) is 3.74. The zero-order valence-electron chi connectivity index (χ0n) is 10.8. The van der Waals surface area contributed by atoms with Gasteiger partial charge in [0.05, 0.1) is 0 Å². The lowest BCUT2D eigenvalue weighted by molar-refractivity contribution is -0.0944. The van der Waals surface area contributed by atoms with Crippen molar-refractivity contribution >= 4 is 0 Å². The fraction of sp³-hybridized carbons (Fsp3) is 1.00. The maximum absolute atomic E-state index is 2.38. The Morgan fingerprint density at radius 3 is 2.40 bits per heavy atom. The average Bonchev–Trinajstić information content (AvgIpc) is 2.16. The van der Waals surface area contributed by atoms with Crippen LogP contribution in [-0.4, -0.2) is 0 Å². The first kappa shape index (κ1) is 11.5. The van der Waals surface area contributed by atoms with Crippen LogP contribution < -0.4 is 0 Å². The van der Waals surface area contributed by atoms with Crippen LogP contribution in [0.15, 0.2) is 0 Å². The van der Waals surface area contributed by atoms with Crippen molar-refractivity contribution in [2.24, 2.45) is 29.6 Å². The highest BCUT2D eigenvalue weighted by molar-refractivity contribution is 5.01. The monoisotopic (exact) mass is 208 g/mol. The lowest BCUT2D eigenvalue weighted by atomic mass is 9.46. The number of unbranched alkanes of at least 4 members (excludes halogenated alkanes) is 1. The van der Waals surface area contributed by atoms with Gasteiger partial charge >= 0.3 is 0 Å². The van der Waals surface area contributed by atoms with Crippen molar-refractivity contribution in [3.05, 3.63) is 0 Å². The summed E-state index contributed by atoms with van der Waals surface area (Å²) < 4.78 is 0. The van der Waals surface area contributed by atoms with Gasteiger partial charge in [-0.15, -0.1) is 0 Å². The Morgan fingerprint density at radius 2 is 1.80 bits per heavy atom. The number of fused-ring (bicyclic) bond motifs is 1. The van der Waals surface area contributed by atoms with Crippen LogP contribution in [0.4, 0.5) is 0 Å². The van der Waals surface area contributed by atoms with Crippen LogP contribution in [0, 0.1) is 29.6 Å². The van der Waals surface area contributed by atoms with Crippen LogP contribution in [0.3, 0.4) is 0 Å². The van der Waals surface area contributed by atoms with Gasteiger partial charge in [0.15, 0.2) is 0 Å². The molecule has 0 aromatic rings. The molecule has 2 saturated carbocycles. The summed E-state index contributed by atoms with van der Waals surface area (Å²) in [7, 11) is 0. The molecule has 0 amide bonds. The van der Waals surface area contributed by atoms with Gasteiger partial charge in [-0.3, -0.25) is 0 Å². The minimum atomic E-state index is 0.909. The van der Waals surface area contributed by atoms with Crippen molar-refractivity contribution in [1.82, 2.24) is 0 Å². The maximum Gasteiger partial charge on any atom is -0.0329 e. The third-order valence-corrected chi connectivity index (χ3v) is 4.97. The molecule has 4 unspecified atom stereocenters. The summed E-state index contributed by atoms with van der Waals surface area (Å²) in [4.78, 5) is 0. The largest absolute Gasteiger partial charge is 0.0651 e. The SMILES string of the molecule is CCC1CC2CC(CCCCC(C)C)C12. The van der Waals surface area contributed by atoms with Crippen molar-refractivity contribution in [3.8, 4) is 0 Å². The number of hydrogen-bond donors (Lipinski definition) is 0. The van der Waals surface area contributed by atoms with Crippen molar-refractivity contribution in [3.63, 3.8) is 0 Å². The van der Waals surface area contributed by atoms with Crippen LogP contribution in [-0.2, 0) is 0 Å². The van der Waals surface area contributed by atoms with Gasteiger partial charge in [0, 0.05) is 0 Å². The average molecular weight is 208 g/mol. The third kappa shape index (κ3) is 2.40. The van der Waals surface area contributed by atoms with Crippen LogP contribution in [0.25, 0.3) is 0 Å². The molecule has 88 valence electrons. The molecule has 15 heavy (non-hydrogen) atoms. The molecule has 0 heteroatoms. The van der Waals surface area contributed by atoms with Gasteiger partial charge in [0.2, 0.25) is 0 Å². The van der Waals surface area contributed by atoms with E-state index in [1.165, 1.54) is 37.5 Å². The molecular formula is C15H28. The molecule has 0 aromatic heterocycles. The smallest absolute Gasteiger partial charge is 0.0329 e. The number of hydrogen-bond acceptors (Lipinski definition) is 0. The lowest BCUT2D eigenvalue weighted by Gasteiger charge is -2.59. The van der Waals surface area contributed by atoms with Gasteiger partial charge in [0.25, 0.3) is 0 Å². The molecule has 0 nitrogen and oxygen atoms in total. The van der Waals surface area contributed by atoms with E-state index >= 15 is 0 Å². The first-order chi connectivity index (χ1) is 7.22. The van der Waals surface area contributed by atoms with Crippen molar-refractivity contribution < 1.29 is 0 Å². The summed E-state index contributed by atoms with van der Waals surface area (Å²) in [6.45, 7) is 7.08. The Morgan fingerprint density at radius 1 is 1.07 bits per heavy atom. The molecule has 0 aliphatic heterocycles. The van der Waals surface area contributed by atoms with E-state index < -0.39 is 0 Å². The molecule has 0 spiro atoms. The zero-order valence-corrected chi connectivity index (χ0v) is 10.8. The van der Waals surface area contributed by atoms with Gasteiger partial charge in [-0.1, -0.05) is 52.9 Å². The van der Waals surface area contributed by atoms with E-state index in [0.29, 0.717) is 0 Å². The second-order valence-corrected chi connectivity index (χ2v) is 6.42. The molecule has 0 saturated heterocycles. The first-order valence-electron chi connectivity index (χ1n) is 7.22. The van der Waals surface area contributed by atoms with E-state index in [1.54, 1.807) is 19.3 Å². The molecule has 0 N–H and O–H groups in total. The van der Waals surface area contributed by atoms with E-state index in [4.69, 9.17) is 0 Å². The molecule has 2 aliphatic carbocycles. The van der Waals surface area contributed by atoms with Gasteiger partial charge in [0.1, 0.15) is 0 Å². The van der Waals surface area contributed by atoms with Crippen LogP contribution in [0.1, 0.15) is 65.7 Å². The molecule has 2 rings (SSSR count). The van der Waals surface area contributed by atoms with Crippen molar-refractivity contribution in [2.45, 2.75) is 65.7 Å². The third-order valence-electron chi connectivity index (χ3n) is 4.97. The molecule has 4 atom stereocenters. The summed E-state index contributed by atoms with van der Waals surface area (Å²) in [5, 5.41) is 0. The van der Waals surface area contributed by atoms with Gasteiger partial charge < -0.3 is 0 Å². The normalized spacial score (nSPS) is 38.4. The fourth-order valence-corrected chi connectivity index (χ4v) is 3.97. The summed E-state index contributed by atoms with van der Waals surface area (Å²) in [5.74, 6) is 5.52. The van der Waals surface area contributed by atoms with Crippen LogP contribution in [0.5, 0.6) is 0 Å². The van der Waals surface area contributed by atoms with E-state index in [0.717, 1.165) is 17.8 Å². The predicted octanol–water partition coefficient (Wildman–Crippen LogP) is 4.89.